The van der Waals surface area contributed by atoms with E-state index in [1.54, 1.807) is 24.3 Å². The molecular weight excluding hydrogens is 475 g/mol. The van der Waals surface area contributed by atoms with Crippen LogP contribution in [0.1, 0.15) is 40.5 Å². The van der Waals surface area contributed by atoms with Crippen LogP contribution >= 0.6 is 23.2 Å². The molecular formula is C24H26Cl2N6O2. The van der Waals surface area contributed by atoms with E-state index in [1.807, 2.05) is 40.1 Å². The van der Waals surface area contributed by atoms with Crippen molar-refractivity contribution in [1.82, 2.24) is 31.7 Å². The number of hydrogen-bond acceptors (Lipinski definition) is 6. The highest BCUT2D eigenvalue weighted by Gasteiger charge is 2.46. The van der Waals surface area contributed by atoms with Crippen molar-refractivity contribution in [3.63, 3.8) is 0 Å². The molecule has 3 heterocycles. The van der Waals surface area contributed by atoms with Crippen molar-refractivity contribution in [2.75, 3.05) is 26.2 Å². The van der Waals surface area contributed by atoms with E-state index >= 15 is 0 Å². The van der Waals surface area contributed by atoms with E-state index < -0.39 is 0 Å². The fraction of sp³-hybridized carbons (Fsp3) is 0.333. The Hall–Kier alpha value is -2.46. The van der Waals surface area contributed by atoms with Gasteiger partial charge in [0.2, 0.25) is 5.91 Å². The second-order valence-electron chi connectivity index (χ2n) is 9.09. The molecule has 8 nitrogen and oxygen atoms in total. The lowest BCUT2D eigenvalue weighted by Crippen LogP contribution is -2.62. The van der Waals surface area contributed by atoms with E-state index in [9.17, 15) is 9.59 Å². The van der Waals surface area contributed by atoms with Crippen LogP contribution in [0.15, 0.2) is 48.5 Å². The molecule has 178 valence electrons. The Morgan fingerprint density at radius 3 is 2.24 bits per heavy atom. The maximum atomic E-state index is 13.0. The number of benzene rings is 2. The van der Waals surface area contributed by atoms with E-state index in [0.717, 1.165) is 37.1 Å². The molecule has 3 aliphatic heterocycles. The molecule has 3 fully saturated rings. The zero-order valence-electron chi connectivity index (χ0n) is 18.5. The molecule has 3 aliphatic rings. The molecule has 4 N–H and O–H groups in total. The van der Waals surface area contributed by atoms with Crippen LogP contribution < -0.4 is 21.9 Å². The Kier molecular flexibility index (Phi) is 6.61. The molecule has 0 aliphatic carbocycles. The smallest absolute Gasteiger partial charge is 0.253 e. The number of halogens is 2. The standard InChI is InChI=1S/C24H26Cl2N6O2/c25-19-7-1-16(13-20(19)26)2-8-21(33)32-14-24(15-32)9-11-31(12-10-24)23(34)18-5-3-17(4-6-18)22-27-29-30-28-22/h1-8,13,22,27-30H,9-12,14-15H2/b8-2+. The summed E-state index contributed by atoms with van der Waals surface area (Å²) in [5.74, 6) is 0.0498. The summed E-state index contributed by atoms with van der Waals surface area (Å²) in [6, 6.07) is 12.9. The number of piperidine rings is 1. The van der Waals surface area contributed by atoms with Gasteiger partial charge in [-0.05, 0) is 54.3 Å². The summed E-state index contributed by atoms with van der Waals surface area (Å²) in [4.78, 5) is 29.3. The van der Waals surface area contributed by atoms with Crippen LogP contribution in [-0.4, -0.2) is 47.8 Å². The number of rotatable bonds is 4. The second-order valence-corrected chi connectivity index (χ2v) is 9.90. The largest absolute Gasteiger partial charge is 0.339 e. The molecule has 0 atom stereocenters. The summed E-state index contributed by atoms with van der Waals surface area (Å²) < 4.78 is 0. The highest BCUT2D eigenvalue weighted by molar-refractivity contribution is 6.42. The number of nitrogens with zero attached hydrogens (tertiary/aromatic N) is 2. The van der Waals surface area contributed by atoms with Crippen molar-refractivity contribution in [1.29, 1.82) is 0 Å². The van der Waals surface area contributed by atoms with Crippen LogP contribution in [0.5, 0.6) is 0 Å². The van der Waals surface area contributed by atoms with E-state index in [-0.39, 0.29) is 23.4 Å². The predicted octanol–water partition coefficient (Wildman–Crippen LogP) is 2.89. The third kappa shape index (κ3) is 4.84. The minimum atomic E-state index is -0.0536. The topological polar surface area (TPSA) is 88.7 Å². The summed E-state index contributed by atoms with van der Waals surface area (Å²) in [5.41, 5.74) is 14.3. The number of likely N-dealkylation sites (tertiary alicyclic amines) is 2. The van der Waals surface area contributed by atoms with Gasteiger partial charge in [0.15, 0.2) is 0 Å². The number of amides is 2. The van der Waals surface area contributed by atoms with Gasteiger partial charge >= 0.3 is 0 Å². The van der Waals surface area contributed by atoms with Gasteiger partial charge in [0, 0.05) is 43.2 Å². The molecule has 0 aromatic heterocycles. The van der Waals surface area contributed by atoms with Crippen molar-refractivity contribution in [2.45, 2.75) is 19.0 Å². The van der Waals surface area contributed by atoms with Crippen LogP contribution in [0, 0.1) is 5.41 Å². The molecule has 0 saturated carbocycles. The van der Waals surface area contributed by atoms with Gasteiger partial charge in [0.05, 0.1) is 10.0 Å². The summed E-state index contributed by atoms with van der Waals surface area (Å²) in [6.07, 6.45) is 5.10. The minimum Gasteiger partial charge on any atom is -0.339 e. The van der Waals surface area contributed by atoms with Crippen molar-refractivity contribution in [3.05, 3.63) is 75.3 Å². The molecule has 0 unspecified atom stereocenters. The fourth-order valence-electron chi connectivity index (χ4n) is 4.73. The van der Waals surface area contributed by atoms with Crippen LogP contribution in [0.2, 0.25) is 10.0 Å². The highest BCUT2D eigenvalue weighted by atomic mass is 35.5. The highest BCUT2D eigenvalue weighted by Crippen LogP contribution is 2.40. The first-order valence-corrected chi connectivity index (χ1v) is 12.0. The molecule has 1 spiro atoms. The summed E-state index contributed by atoms with van der Waals surface area (Å²) in [7, 11) is 0. The average molecular weight is 501 g/mol. The van der Waals surface area contributed by atoms with Crippen LogP contribution in [0.4, 0.5) is 0 Å². The van der Waals surface area contributed by atoms with Crippen molar-refractivity contribution in [2.24, 2.45) is 5.41 Å². The SMILES string of the molecule is O=C(/C=C/c1ccc(Cl)c(Cl)c1)N1CC2(CCN(C(=O)c3ccc(C4NNNN4)cc3)CC2)C1. The molecule has 2 amide bonds. The van der Waals surface area contributed by atoms with Gasteiger partial charge in [-0.1, -0.05) is 41.4 Å². The first kappa shape index (κ1) is 23.3. The van der Waals surface area contributed by atoms with Crippen molar-refractivity contribution < 1.29 is 9.59 Å². The molecule has 2 aromatic carbocycles. The first-order chi connectivity index (χ1) is 16.4. The lowest BCUT2D eigenvalue weighted by molar-refractivity contribution is -0.140. The van der Waals surface area contributed by atoms with Crippen LogP contribution in [0.3, 0.4) is 0 Å². The molecule has 34 heavy (non-hydrogen) atoms. The predicted molar refractivity (Wildman–Crippen MR) is 131 cm³/mol. The number of hydrogen-bond donors (Lipinski definition) is 4. The average Bonchev–Trinajstić information content (AvgIpc) is 3.38. The summed E-state index contributed by atoms with van der Waals surface area (Å²) >= 11 is 12.0. The normalized spacial score (nSPS) is 20.2. The monoisotopic (exact) mass is 500 g/mol. The van der Waals surface area contributed by atoms with E-state index in [2.05, 4.69) is 21.9 Å². The number of nitrogens with one attached hydrogen (secondary N) is 4. The lowest BCUT2D eigenvalue weighted by atomic mass is 9.72. The van der Waals surface area contributed by atoms with Gasteiger partial charge in [-0.3, -0.25) is 9.59 Å². The molecule has 0 bridgehead atoms. The van der Waals surface area contributed by atoms with Gasteiger partial charge in [0.1, 0.15) is 6.17 Å². The second kappa shape index (κ2) is 9.65. The molecule has 0 radical (unpaired) electrons. The minimum absolute atomic E-state index is 0.00747. The fourth-order valence-corrected chi connectivity index (χ4v) is 5.04. The zero-order valence-corrected chi connectivity index (χ0v) is 20.0. The number of hydrazine groups is 3. The van der Waals surface area contributed by atoms with E-state index in [0.29, 0.717) is 28.7 Å². The molecule has 3 saturated heterocycles. The Labute approximate surface area is 208 Å². The lowest BCUT2D eigenvalue weighted by Gasteiger charge is -2.53. The molecule has 2 aromatic rings. The summed E-state index contributed by atoms with van der Waals surface area (Å²) in [5, 5.41) is 0.958. The van der Waals surface area contributed by atoms with Gasteiger partial charge in [0.25, 0.3) is 5.91 Å². The van der Waals surface area contributed by atoms with Crippen LogP contribution in [0.25, 0.3) is 6.08 Å². The Morgan fingerprint density at radius 2 is 1.59 bits per heavy atom. The van der Waals surface area contributed by atoms with Gasteiger partial charge in [-0.25, -0.2) is 10.9 Å². The van der Waals surface area contributed by atoms with Gasteiger partial charge < -0.3 is 9.80 Å². The van der Waals surface area contributed by atoms with Gasteiger partial charge in [-0.15, -0.1) is 0 Å². The van der Waals surface area contributed by atoms with E-state index in [4.69, 9.17) is 23.2 Å². The van der Waals surface area contributed by atoms with Crippen LogP contribution in [-0.2, 0) is 4.79 Å². The zero-order chi connectivity index (χ0) is 23.7. The Morgan fingerprint density at radius 1 is 0.912 bits per heavy atom. The maximum Gasteiger partial charge on any atom is 0.253 e. The van der Waals surface area contributed by atoms with Crippen molar-refractivity contribution >= 4 is 41.1 Å². The van der Waals surface area contributed by atoms with Gasteiger partial charge in [-0.2, -0.15) is 11.1 Å². The molecule has 5 rings (SSSR count). The number of carbonyl (C=O) groups is 2. The Balaban J connectivity index is 1.11. The first-order valence-electron chi connectivity index (χ1n) is 11.2. The van der Waals surface area contributed by atoms with Crippen molar-refractivity contribution in [3.8, 4) is 0 Å². The number of carbonyl (C=O) groups excluding carboxylic acids is 2. The Bertz CT molecular complexity index is 1100. The third-order valence-corrected chi connectivity index (χ3v) is 7.56. The maximum absolute atomic E-state index is 13.0. The van der Waals surface area contributed by atoms with E-state index in [1.165, 1.54) is 0 Å². The molecule has 10 heteroatoms. The quantitative estimate of drug-likeness (QED) is 0.482. The summed E-state index contributed by atoms with van der Waals surface area (Å²) in [6.45, 7) is 2.89. The third-order valence-electron chi connectivity index (χ3n) is 6.82.